The fraction of sp³-hybridized carbons (Fsp3) is 0.167. The van der Waals surface area contributed by atoms with Crippen LogP contribution in [-0.4, -0.2) is 8.07 Å². The monoisotopic (exact) mass is 348 g/mol. The summed E-state index contributed by atoms with van der Waals surface area (Å²) < 4.78 is 0. The molecule has 0 unspecified atom stereocenters. The van der Waals surface area contributed by atoms with E-state index < -0.39 is 8.07 Å². The summed E-state index contributed by atoms with van der Waals surface area (Å²) in [5.74, 6) is 0. The predicted molar refractivity (Wildman–Crippen MR) is 111 cm³/mol. The molecule has 0 radical (unpaired) electrons. The van der Waals surface area contributed by atoms with Gasteiger partial charge in [0.05, 0.1) is 0 Å². The Labute approximate surface area is 171 Å². The van der Waals surface area contributed by atoms with Crippen LogP contribution < -0.4 is 34.4 Å². The first kappa shape index (κ1) is 20.5. The van der Waals surface area contributed by atoms with Crippen molar-refractivity contribution in [3.63, 3.8) is 0 Å². The van der Waals surface area contributed by atoms with Crippen LogP contribution in [0, 0.1) is 5.70 Å². The molecule has 0 amide bonds. The molecule has 126 valence electrons. The molecule has 0 N–H and O–H groups in total. The molecule has 26 heavy (non-hydrogen) atoms. The Bertz CT molecular complexity index is 686. The second kappa shape index (κ2) is 10.4. The summed E-state index contributed by atoms with van der Waals surface area (Å²) in [6.07, 6.45) is 5.82. The molecule has 0 spiro atoms. The average Bonchev–Trinajstić information content (AvgIpc) is 2.70. The summed E-state index contributed by atoms with van der Waals surface area (Å²) in [4.78, 5) is 0. The van der Waals surface area contributed by atoms with E-state index in [4.69, 9.17) is 0 Å². The molecule has 0 bridgehead atoms. The van der Waals surface area contributed by atoms with Gasteiger partial charge in [-0.05, 0) is 0 Å². The van der Waals surface area contributed by atoms with Crippen LogP contribution in [-0.2, 0) is 0 Å². The summed E-state index contributed by atoms with van der Waals surface area (Å²) in [7, 11) is -2.28. The zero-order valence-electron chi connectivity index (χ0n) is 15.9. The van der Waals surface area contributed by atoms with Gasteiger partial charge in [-0.2, -0.15) is 0 Å². The first-order chi connectivity index (χ1) is 12.4. The summed E-state index contributed by atoms with van der Waals surface area (Å²) in [6.45, 7) is 2.24. The number of hydrogen-bond acceptors (Lipinski definition) is 0. The third-order valence-electron chi connectivity index (χ3n) is 4.64. The van der Waals surface area contributed by atoms with Crippen molar-refractivity contribution in [3.8, 4) is 0 Å². The molecule has 0 heterocycles. The first-order valence-electron chi connectivity index (χ1n) is 9.14. The van der Waals surface area contributed by atoms with E-state index in [1.807, 2.05) is 0 Å². The number of hydrogen-bond donors (Lipinski definition) is 0. The molecular formula is C24H25LiSi. The van der Waals surface area contributed by atoms with Crippen LogP contribution >= 0.6 is 0 Å². The molecule has 0 aliphatic heterocycles. The maximum Gasteiger partial charge on any atom is 1.00 e. The molecule has 0 aliphatic carbocycles. The van der Waals surface area contributed by atoms with Gasteiger partial charge in [-0.1, -0.05) is 133 Å². The summed E-state index contributed by atoms with van der Waals surface area (Å²) in [6, 6.07) is 32.8. The van der Waals surface area contributed by atoms with E-state index in [1.165, 1.54) is 28.4 Å². The van der Waals surface area contributed by atoms with Crippen LogP contribution in [0.3, 0.4) is 0 Å². The van der Waals surface area contributed by atoms with Crippen LogP contribution in [0.4, 0.5) is 0 Å². The average molecular weight is 348 g/mol. The van der Waals surface area contributed by atoms with Gasteiger partial charge in [0.15, 0.2) is 0 Å². The molecule has 2 heteroatoms. The largest absolute Gasteiger partial charge is 1.00 e. The fourth-order valence-electron chi connectivity index (χ4n) is 3.35. The van der Waals surface area contributed by atoms with Gasteiger partial charge in [-0.3, -0.25) is 6.08 Å². The Morgan fingerprint density at radius 2 is 1.08 bits per heavy atom. The van der Waals surface area contributed by atoms with Crippen molar-refractivity contribution in [2.24, 2.45) is 0 Å². The van der Waals surface area contributed by atoms with E-state index in [9.17, 15) is 0 Å². The van der Waals surface area contributed by atoms with Crippen molar-refractivity contribution in [1.82, 2.24) is 0 Å². The van der Waals surface area contributed by atoms with E-state index >= 15 is 0 Å². The standard InChI is InChI=1S/C24H25Si.Li/c1-2-3-4-14-21-25(22-15-8-5-9-16-22,23-17-10-6-11-18-23)24-19-12-7-13-20-24;/h5-20H,2-4H2,1H3;/q-1;+1. The van der Waals surface area contributed by atoms with Crippen LogP contribution in [0.2, 0.25) is 0 Å². The van der Waals surface area contributed by atoms with Crippen LogP contribution in [0.5, 0.6) is 0 Å². The van der Waals surface area contributed by atoms with E-state index in [1.54, 1.807) is 0 Å². The van der Waals surface area contributed by atoms with Gasteiger partial charge in [-0.15, -0.1) is 0 Å². The Morgan fingerprint density at radius 3 is 1.42 bits per heavy atom. The molecular weight excluding hydrogens is 323 g/mol. The fourth-order valence-corrected chi connectivity index (χ4v) is 7.37. The topological polar surface area (TPSA) is 0 Å². The second-order valence-corrected chi connectivity index (χ2v) is 9.86. The van der Waals surface area contributed by atoms with Gasteiger partial charge in [-0.25, -0.2) is 0 Å². The first-order valence-corrected chi connectivity index (χ1v) is 11.1. The van der Waals surface area contributed by atoms with Crippen LogP contribution in [0.25, 0.3) is 0 Å². The van der Waals surface area contributed by atoms with Gasteiger partial charge < -0.3 is 5.70 Å². The van der Waals surface area contributed by atoms with Gasteiger partial charge in [0.25, 0.3) is 0 Å². The zero-order valence-corrected chi connectivity index (χ0v) is 16.9. The van der Waals surface area contributed by atoms with E-state index in [0.29, 0.717) is 0 Å². The zero-order chi connectivity index (χ0) is 17.4. The molecule has 0 fully saturated rings. The molecule has 0 aromatic heterocycles. The molecule has 0 saturated carbocycles. The quantitative estimate of drug-likeness (QED) is 0.261. The minimum absolute atomic E-state index is 0. The second-order valence-electron chi connectivity index (χ2n) is 6.34. The van der Waals surface area contributed by atoms with Crippen molar-refractivity contribution in [2.45, 2.75) is 26.2 Å². The predicted octanol–water partition coefficient (Wildman–Crippen LogP) is 1.25. The Kier molecular flexibility index (Phi) is 8.20. The number of unbranched alkanes of at least 4 members (excludes halogenated alkanes) is 2. The van der Waals surface area contributed by atoms with Crippen LogP contribution in [0.15, 0.2) is 97.1 Å². The van der Waals surface area contributed by atoms with Gasteiger partial charge in [0.1, 0.15) is 0 Å². The SMILES string of the molecule is CCCCC=[C-][Si](c1ccccc1)(c1ccccc1)c1ccccc1.[Li+]. The Balaban J connectivity index is 0.00000243. The molecule has 0 atom stereocenters. The molecule has 3 rings (SSSR count). The Morgan fingerprint density at radius 1 is 0.692 bits per heavy atom. The summed E-state index contributed by atoms with van der Waals surface area (Å²) >= 11 is 0. The molecule has 0 nitrogen and oxygen atoms in total. The van der Waals surface area contributed by atoms with E-state index in [0.717, 1.165) is 6.42 Å². The van der Waals surface area contributed by atoms with Gasteiger partial charge in [0.2, 0.25) is 0 Å². The number of allylic oxidation sites excluding steroid dienone is 1. The molecule has 0 saturated heterocycles. The normalized spacial score (nSPS) is 11.3. The minimum Gasteiger partial charge on any atom is -0.488 e. The van der Waals surface area contributed by atoms with E-state index in [-0.39, 0.29) is 18.9 Å². The number of rotatable bonds is 7. The Hall–Kier alpha value is -1.79. The van der Waals surface area contributed by atoms with Gasteiger partial charge >= 0.3 is 18.9 Å². The third kappa shape index (κ3) is 4.48. The van der Waals surface area contributed by atoms with Crippen molar-refractivity contribution in [3.05, 3.63) is 103 Å². The minimum atomic E-state index is -2.28. The number of benzene rings is 3. The van der Waals surface area contributed by atoms with Crippen LogP contribution in [0.1, 0.15) is 26.2 Å². The third-order valence-corrected chi connectivity index (χ3v) is 8.88. The summed E-state index contributed by atoms with van der Waals surface area (Å²) in [5.41, 5.74) is 3.93. The van der Waals surface area contributed by atoms with E-state index in [2.05, 4.69) is 110 Å². The molecule has 0 aliphatic rings. The van der Waals surface area contributed by atoms with Crippen molar-refractivity contribution >= 4 is 23.6 Å². The maximum atomic E-state index is 3.93. The molecule has 3 aromatic rings. The smallest absolute Gasteiger partial charge is 0.488 e. The maximum absolute atomic E-state index is 3.93. The van der Waals surface area contributed by atoms with Crippen molar-refractivity contribution in [1.29, 1.82) is 0 Å². The summed E-state index contributed by atoms with van der Waals surface area (Å²) in [5, 5.41) is 4.17. The van der Waals surface area contributed by atoms with Crippen molar-refractivity contribution in [2.75, 3.05) is 0 Å². The molecule has 3 aromatic carbocycles. The van der Waals surface area contributed by atoms with Crippen molar-refractivity contribution < 1.29 is 18.9 Å². The van der Waals surface area contributed by atoms with Gasteiger partial charge in [0, 0.05) is 8.07 Å².